The van der Waals surface area contributed by atoms with E-state index in [1.165, 1.54) is 0 Å². The molecule has 1 aromatic carbocycles. The lowest BCUT2D eigenvalue weighted by Gasteiger charge is -2.14. The molecule has 1 aromatic rings. The van der Waals surface area contributed by atoms with Gasteiger partial charge in [0, 0.05) is 18.6 Å². The third kappa shape index (κ3) is 4.27. The maximum Gasteiger partial charge on any atom is 0.327 e. The summed E-state index contributed by atoms with van der Waals surface area (Å²) in [5.41, 5.74) is 0.996. The smallest absolute Gasteiger partial charge is 0.327 e. The monoisotopic (exact) mass is 246 g/mol. The number of ether oxygens (including phenoxy) is 1. The zero-order valence-electron chi connectivity index (χ0n) is 8.35. The summed E-state index contributed by atoms with van der Waals surface area (Å²) >= 11 is 5.87. The summed E-state index contributed by atoms with van der Waals surface area (Å²) in [5, 5.41) is 0.678. The summed E-state index contributed by atoms with van der Waals surface area (Å²) < 4.78 is 20.1. The van der Waals surface area contributed by atoms with Gasteiger partial charge in [0.15, 0.2) is 0 Å². The molecule has 0 heterocycles. The molecule has 0 spiro atoms. The van der Waals surface area contributed by atoms with E-state index in [2.05, 4.69) is 0 Å². The van der Waals surface area contributed by atoms with Gasteiger partial charge in [-0.25, -0.2) is 4.57 Å². The van der Waals surface area contributed by atoms with E-state index >= 15 is 0 Å². The van der Waals surface area contributed by atoms with Gasteiger partial charge in [-0.05, 0) is 17.7 Å². The molecular weight excluding hydrogens is 235 g/mol. The van der Waals surface area contributed by atoms with Crippen molar-refractivity contribution in [2.75, 3.05) is 13.7 Å². The summed E-state index contributed by atoms with van der Waals surface area (Å²) in [6.07, 6.45) is 0.567. The van der Waals surface area contributed by atoms with Crippen LogP contribution in [0.5, 0.6) is 0 Å². The average Bonchev–Trinajstić information content (AvgIpc) is 2.24. The third-order valence-electron chi connectivity index (χ3n) is 2.03. The molecule has 0 fully saturated rings. The molecule has 0 N–H and O–H groups in total. The lowest BCUT2D eigenvalue weighted by atomic mass is 10.1. The number of rotatable bonds is 6. The van der Waals surface area contributed by atoms with Crippen molar-refractivity contribution in [3.05, 3.63) is 34.9 Å². The molecular formula is C10H12ClO3P. The standard InChI is InChI=1S/C10H12ClO3P/c1-13-10(5-6-14-15-12)8-3-2-4-9(11)7-8/h2-4,7,10H,5-6H2,1H3/t10-/m0/s1. The van der Waals surface area contributed by atoms with E-state index in [1.54, 1.807) is 7.11 Å². The van der Waals surface area contributed by atoms with Crippen LogP contribution in [0.2, 0.25) is 5.02 Å². The summed E-state index contributed by atoms with van der Waals surface area (Å²) in [6.45, 7) is 0.385. The Kier molecular flexibility index (Phi) is 5.81. The van der Waals surface area contributed by atoms with Gasteiger partial charge in [0.1, 0.15) is 0 Å². The fourth-order valence-corrected chi connectivity index (χ4v) is 1.70. The zero-order chi connectivity index (χ0) is 11.1. The molecule has 0 aliphatic carbocycles. The quantitative estimate of drug-likeness (QED) is 0.568. The Morgan fingerprint density at radius 1 is 1.53 bits per heavy atom. The van der Waals surface area contributed by atoms with Gasteiger partial charge in [0.05, 0.1) is 12.7 Å². The predicted molar refractivity (Wildman–Crippen MR) is 59.4 cm³/mol. The molecule has 3 nitrogen and oxygen atoms in total. The first-order chi connectivity index (χ1) is 7.27. The number of halogens is 1. The van der Waals surface area contributed by atoms with E-state index in [1.807, 2.05) is 24.3 Å². The van der Waals surface area contributed by atoms with E-state index in [0.717, 1.165) is 5.56 Å². The van der Waals surface area contributed by atoms with E-state index in [9.17, 15) is 4.57 Å². The Balaban J connectivity index is 2.61. The fourth-order valence-electron chi connectivity index (χ4n) is 1.32. The van der Waals surface area contributed by atoms with Crippen molar-refractivity contribution >= 4 is 20.3 Å². The van der Waals surface area contributed by atoms with E-state index in [0.29, 0.717) is 18.1 Å². The van der Waals surface area contributed by atoms with Crippen LogP contribution in [0.3, 0.4) is 0 Å². The first-order valence-electron chi connectivity index (χ1n) is 4.51. The highest BCUT2D eigenvalue weighted by atomic mass is 35.5. The van der Waals surface area contributed by atoms with Crippen LogP contribution in [0.15, 0.2) is 24.3 Å². The maximum atomic E-state index is 10.1. The average molecular weight is 247 g/mol. The normalized spacial score (nSPS) is 12.9. The van der Waals surface area contributed by atoms with E-state index < -0.39 is 0 Å². The molecule has 5 heteroatoms. The van der Waals surface area contributed by atoms with Gasteiger partial charge in [0.25, 0.3) is 0 Å². The molecule has 0 saturated carbocycles. The lowest BCUT2D eigenvalue weighted by Crippen LogP contribution is -2.04. The SMILES string of the molecule is CO[C@@H](CCOP=O)c1cccc(Cl)c1. The molecule has 0 aromatic heterocycles. The summed E-state index contributed by atoms with van der Waals surface area (Å²) in [4.78, 5) is 0. The van der Waals surface area contributed by atoms with Crippen LogP contribution in [0, 0.1) is 0 Å². The van der Waals surface area contributed by atoms with Crippen molar-refractivity contribution in [1.82, 2.24) is 0 Å². The van der Waals surface area contributed by atoms with Crippen molar-refractivity contribution in [3.8, 4) is 0 Å². The third-order valence-corrected chi connectivity index (χ3v) is 2.55. The van der Waals surface area contributed by atoms with Crippen molar-refractivity contribution in [2.24, 2.45) is 0 Å². The largest absolute Gasteiger partial charge is 0.377 e. The van der Waals surface area contributed by atoms with Crippen molar-refractivity contribution < 1.29 is 13.8 Å². The minimum atomic E-state index is -0.298. The molecule has 0 bridgehead atoms. The molecule has 0 radical (unpaired) electrons. The molecule has 0 aliphatic heterocycles. The Morgan fingerprint density at radius 2 is 2.33 bits per heavy atom. The Hall–Kier alpha value is -0.470. The minimum absolute atomic E-state index is 0.0783. The van der Waals surface area contributed by atoms with E-state index in [4.69, 9.17) is 20.9 Å². The van der Waals surface area contributed by atoms with Gasteiger partial charge in [0.2, 0.25) is 0 Å². The van der Waals surface area contributed by atoms with Crippen molar-refractivity contribution in [2.45, 2.75) is 12.5 Å². The molecule has 0 aliphatic rings. The zero-order valence-corrected chi connectivity index (χ0v) is 10.0. The molecule has 1 rings (SSSR count). The second-order valence-electron chi connectivity index (χ2n) is 2.98. The molecule has 1 atom stereocenters. The van der Waals surface area contributed by atoms with Crippen LogP contribution in [0.4, 0.5) is 0 Å². The summed E-state index contributed by atoms with van der Waals surface area (Å²) in [7, 11) is 1.33. The van der Waals surface area contributed by atoms with Gasteiger partial charge in [-0.1, -0.05) is 23.7 Å². The van der Waals surface area contributed by atoms with Gasteiger partial charge >= 0.3 is 8.69 Å². The van der Waals surface area contributed by atoms with Crippen LogP contribution in [0.25, 0.3) is 0 Å². The second kappa shape index (κ2) is 6.91. The summed E-state index contributed by atoms with van der Waals surface area (Å²) in [6, 6.07) is 7.47. The van der Waals surface area contributed by atoms with Crippen LogP contribution in [-0.4, -0.2) is 13.7 Å². The fraction of sp³-hybridized carbons (Fsp3) is 0.400. The molecule has 0 unspecified atom stereocenters. The number of methoxy groups -OCH3 is 1. The molecule has 0 amide bonds. The predicted octanol–water partition coefficient (Wildman–Crippen LogP) is 3.64. The highest BCUT2D eigenvalue weighted by Crippen LogP contribution is 2.23. The van der Waals surface area contributed by atoms with E-state index in [-0.39, 0.29) is 14.8 Å². The lowest BCUT2D eigenvalue weighted by molar-refractivity contribution is 0.0830. The number of hydrogen-bond donors (Lipinski definition) is 0. The van der Waals surface area contributed by atoms with Gasteiger partial charge in [-0.2, -0.15) is 0 Å². The highest BCUT2D eigenvalue weighted by Gasteiger charge is 2.10. The van der Waals surface area contributed by atoms with Gasteiger partial charge in [-0.15, -0.1) is 0 Å². The van der Waals surface area contributed by atoms with Crippen LogP contribution in [-0.2, 0) is 13.8 Å². The Bertz CT molecular complexity index is 319. The molecule has 15 heavy (non-hydrogen) atoms. The highest BCUT2D eigenvalue weighted by molar-refractivity contribution is 7.17. The van der Waals surface area contributed by atoms with Crippen molar-refractivity contribution in [3.63, 3.8) is 0 Å². The molecule has 82 valence electrons. The second-order valence-corrected chi connectivity index (χ2v) is 3.82. The number of benzene rings is 1. The van der Waals surface area contributed by atoms with Crippen molar-refractivity contribution in [1.29, 1.82) is 0 Å². The summed E-state index contributed by atoms with van der Waals surface area (Å²) in [5.74, 6) is 0. The first-order valence-corrected chi connectivity index (χ1v) is 5.61. The minimum Gasteiger partial charge on any atom is -0.377 e. The Labute approximate surface area is 95.6 Å². The Morgan fingerprint density at radius 3 is 2.93 bits per heavy atom. The number of hydrogen-bond acceptors (Lipinski definition) is 3. The first kappa shape index (κ1) is 12.6. The molecule has 0 saturated heterocycles. The van der Waals surface area contributed by atoms with Gasteiger partial charge in [-0.3, -0.25) is 4.52 Å². The van der Waals surface area contributed by atoms with Gasteiger partial charge < -0.3 is 4.74 Å². The van der Waals surface area contributed by atoms with Crippen LogP contribution < -0.4 is 0 Å². The topological polar surface area (TPSA) is 35.5 Å². The maximum absolute atomic E-state index is 10.1. The van der Waals surface area contributed by atoms with Crippen LogP contribution >= 0.6 is 20.3 Å². The van der Waals surface area contributed by atoms with Crippen LogP contribution in [0.1, 0.15) is 18.1 Å².